The molecule has 0 fully saturated rings. The van der Waals surface area contributed by atoms with Gasteiger partial charge in [-0.3, -0.25) is 13.9 Å². The van der Waals surface area contributed by atoms with E-state index in [-0.39, 0.29) is 29.5 Å². The zero-order valence-electron chi connectivity index (χ0n) is 16.8. The van der Waals surface area contributed by atoms with Gasteiger partial charge in [0.25, 0.3) is 0 Å². The second kappa shape index (κ2) is 7.84. The number of sulfonamides is 1. The first-order chi connectivity index (χ1) is 13.6. The van der Waals surface area contributed by atoms with Gasteiger partial charge < -0.3 is 5.32 Å². The summed E-state index contributed by atoms with van der Waals surface area (Å²) in [5.41, 5.74) is 3.35. The molecule has 3 rings (SSSR count). The van der Waals surface area contributed by atoms with E-state index in [0.717, 1.165) is 11.1 Å². The van der Waals surface area contributed by atoms with Gasteiger partial charge in [0.15, 0.2) is 0 Å². The molecule has 3 aromatic rings. The van der Waals surface area contributed by atoms with Gasteiger partial charge in [-0.2, -0.15) is 0 Å². The van der Waals surface area contributed by atoms with Crippen LogP contribution in [0.15, 0.2) is 46.1 Å². The Bertz CT molecular complexity index is 1260. The summed E-state index contributed by atoms with van der Waals surface area (Å²) in [5, 5.41) is 2.74. The molecule has 0 aliphatic rings. The topological polar surface area (TPSA) is 102 Å². The molecule has 0 saturated heterocycles. The van der Waals surface area contributed by atoms with Gasteiger partial charge in [-0.25, -0.2) is 17.9 Å². The molecule has 8 nitrogen and oxygen atoms in total. The van der Waals surface area contributed by atoms with E-state index in [1.54, 1.807) is 51.4 Å². The lowest BCUT2D eigenvalue weighted by Gasteiger charge is -2.10. The third-order valence-electron chi connectivity index (χ3n) is 4.83. The summed E-state index contributed by atoms with van der Waals surface area (Å²) in [4.78, 5) is 24.4. The second-order valence-electron chi connectivity index (χ2n) is 7.07. The quantitative estimate of drug-likeness (QED) is 0.640. The number of rotatable bonds is 6. The lowest BCUT2D eigenvalue weighted by atomic mass is 10.2. The molecule has 1 heterocycles. The SMILES string of the molecule is Cc1ccc(C)c(S(=O)(=O)NCCC(=O)Nc2ccc3c(c2)n(C)c(=O)n3C)c1. The van der Waals surface area contributed by atoms with Crippen molar-refractivity contribution in [3.63, 3.8) is 0 Å². The van der Waals surface area contributed by atoms with E-state index in [2.05, 4.69) is 10.0 Å². The number of nitrogens with one attached hydrogen (secondary N) is 2. The molecule has 1 amide bonds. The van der Waals surface area contributed by atoms with E-state index in [9.17, 15) is 18.0 Å². The first-order valence-corrected chi connectivity index (χ1v) is 10.6. The summed E-state index contributed by atoms with van der Waals surface area (Å²) in [6.07, 6.45) is -0.0180. The van der Waals surface area contributed by atoms with Crippen molar-refractivity contribution in [2.75, 3.05) is 11.9 Å². The van der Waals surface area contributed by atoms with E-state index in [1.807, 2.05) is 13.0 Å². The van der Waals surface area contributed by atoms with Crippen LogP contribution in [0.3, 0.4) is 0 Å². The summed E-state index contributed by atoms with van der Waals surface area (Å²) in [6, 6.07) is 10.4. The zero-order chi connectivity index (χ0) is 21.3. The number of aryl methyl sites for hydroxylation is 4. The van der Waals surface area contributed by atoms with Gasteiger partial charge in [0, 0.05) is 32.7 Å². The molecule has 0 aliphatic heterocycles. The summed E-state index contributed by atoms with van der Waals surface area (Å²) in [6.45, 7) is 3.53. The molecular weight excluding hydrogens is 392 g/mol. The Kier molecular flexibility index (Phi) is 5.63. The molecule has 0 saturated carbocycles. The number of amides is 1. The van der Waals surface area contributed by atoms with E-state index >= 15 is 0 Å². The van der Waals surface area contributed by atoms with Crippen LogP contribution in [0.4, 0.5) is 5.69 Å². The van der Waals surface area contributed by atoms with Crippen molar-refractivity contribution in [3.8, 4) is 0 Å². The normalized spacial score (nSPS) is 11.7. The van der Waals surface area contributed by atoms with Crippen molar-refractivity contribution in [1.29, 1.82) is 0 Å². The van der Waals surface area contributed by atoms with E-state index < -0.39 is 10.0 Å². The molecule has 9 heteroatoms. The smallest absolute Gasteiger partial charge is 0.326 e. The number of carbonyl (C=O) groups is 1. The molecule has 0 radical (unpaired) electrons. The molecule has 2 aromatic carbocycles. The first-order valence-electron chi connectivity index (χ1n) is 9.12. The zero-order valence-corrected chi connectivity index (χ0v) is 17.6. The van der Waals surface area contributed by atoms with Crippen LogP contribution in [0.1, 0.15) is 17.5 Å². The van der Waals surface area contributed by atoms with Crippen molar-refractivity contribution in [3.05, 3.63) is 58.0 Å². The van der Waals surface area contributed by atoms with Crippen LogP contribution >= 0.6 is 0 Å². The highest BCUT2D eigenvalue weighted by Crippen LogP contribution is 2.18. The molecule has 0 aliphatic carbocycles. The lowest BCUT2D eigenvalue weighted by molar-refractivity contribution is -0.116. The van der Waals surface area contributed by atoms with Gasteiger partial charge >= 0.3 is 5.69 Å². The summed E-state index contributed by atoms with van der Waals surface area (Å²) < 4.78 is 30.5. The van der Waals surface area contributed by atoms with Gasteiger partial charge in [0.05, 0.1) is 15.9 Å². The van der Waals surface area contributed by atoms with Crippen LogP contribution < -0.4 is 15.7 Å². The molecular formula is C20H24N4O4S. The fourth-order valence-electron chi connectivity index (χ4n) is 3.18. The third kappa shape index (κ3) is 4.25. The summed E-state index contributed by atoms with van der Waals surface area (Å²) in [5.74, 6) is -0.325. The standard InChI is InChI=1S/C20H24N4O4S/c1-13-5-6-14(2)18(11-13)29(27,28)21-10-9-19(25)22-15-7-8-16-17(12-15)24(4)20(26)23(16)3/h5-8,11-12,21H,9-10H2,1-4H3,(H,22,25). The van der Waals surface area contributed by atoms with Crippen molar-refractivity contribution in [2.45, 2.75) is 25.2 Å². The average Bonchev–Trinajstić information content (AvgIpc) is 2.87. The predicted octanol–water partition coefficient (Wildman–Crippen LogP) is 1.80. The molecule has 0 spiro atoms. The maximum absolute atomic E-state index is 12.5. The second-order valence-corrected chi connectivity index (χ2v) is 8.80. The van der Waals surface area contributed by atoms with Crippen LogP contribution in [0.5, 0.6) is 0 Å². The summed E-state index contributed by atoms with van der Waals surface area (Å²) in [7, 11) is -0.339. The van der Waals surface area contributed by atoms with E-state index in [1.165, 1.54) is 9.13 Å². The van der Waals surface area contributed by atoms with Gasteiger partial charge in [0.2, 0.25) is 15.9 Å². The Morgan fingerprint density at radius 1 is 1.00 bits per heavy atom. The van der Waals surface area contributed by atoms with Gasteiger partial charge in [0.1, 0.15) is 0 Å². The highest BCUT2D eigenvalue weighted by Gasteiger charge is 2.17. The number of aromatic nitrogens is 2. The minimum atomic E-state index is -3.69. The first kappa shape index (κ1) is 20.8. The largest absolute Gasteiger partial charge is 0.328 e. The van der Waals surface area contributed by atoms with Gasteiger partial charge in [-0.1, -0.05) is 12.1 Å². The number of imidazole rings is 1. The minimum Gasteiger partial charge on any atom is -0.326 e. The molecule has 0 bridgehead atoms. The monoisotopic (exact) mass is 416 g/mol. The van der Waals surface area contributed by atoms with Crippen LogP contribution in [0.2, 0.25) is 0 Å². The molecule has 154 valence electrons. The van der Waals surface area contributed by atoms with Crippen molar-refractivity contribution < 1.29 is 13.2 Å². The lowest BCUT2D eigenvalue weighted by Crippen LogP contribution is -2.28. The molecule has 0 unspecified atom stereocenters. The number of hydrogen-bond donors (Lipinski definition) is 2. The van der Waals surface area contributed by atoms with Crippen molar-refractivity contribution in [2.24, 2.45) is 14.1 Å². The minimum absolute atomic E-state index is 0.0180. The van der Waals surface area contributed by atoms with Crippen LogP contribution in [0, 0.1) is 13.8 Å². The third-order valence-corrected chi connectivity index (χ3v) is 6.44. The number of carbonyl (C=O) groups excluding carboxylic acids is 1. The number of anilines is 1. The van der Waals surface area contributed by atoms with Gasteiger partial charge in [-0.15, -0.1) is 0 Å². The number of fused-ring (bicyclic) bond motifs is 1. The Morgan fingerprint density at radius 3 is 2.41 bits per heavy atom. The highest BCUT2D eigenvalue weighted by molar-refractivity contribution is 7.89. The molecule has 29 heavy (non-hydrogen) atoms. The van der Waals surface area contributed by atoms with Crippen molar-refractivity contribution in [1.82, 2.24) is 13.9 Å². The van der Waals surface area contributed by atoms with Crippen LogP contribution in [-0.2, 0) is 28.9 Å². The molecule has 1 aromatic heterocycles. The Hall–Kier alpha value is -2.91. The van der Waals surface area contributed by atoms with Gasteiger partial charge in [-0.05, 0) is 49.2 Å². The maximum Gasteiger partial charge on any atom is 0.328 e. The fraction of sp³-hybridized carbons (Fsp3) is 0.300. The van der Waals surface area contributed by atoms with E-state index in [0.29, 0.717) is 16.8 Å². The molecule has 0 atom stereocenters. The predicted molar refractivity (Wildman–Crippen MR) is 113 cm³/mol. The Labute approximate surface area is 169 Å². The van der Waals surface area contributed by atoms with Crippen LogP contribution in [0.25, 0.3) is 11.0 Å². The number of hydrogen-bond acceptors (Lipinski definition) is 4. The average molecular weight is 417 g/mol. The Morgan fingerprint density at radius 2 is 1.69 bits per heavy atom. The maximum atomic E-state index is 12.5. The van der Waals surface area contributed by atoms with Crippen LogP contribution in [-0.4, -0.2) is 30.0 Å². The Balaban J connectivity index is 1.64. The fourth-order valence-corrected chi connectivity index (χ4v) is 4.54. The summed E-state index contributed by atoms with van der Waals surface area (Å²) >= 11 is 0. The molecule has 2 N–H and O–H groups in total. The number of benzene rings is 2. The highest BCUT2D eigenvalue weighted by atomic mass is 32.2. The number of nitrogens with zero attached hydrogens (tertiary/aromatic N) is 2. The van der Waals surface area contributed by atoms with Crippen molar-refractivity contribution >= 4 is 32.7 Å². The van der Waals surface area contributed by atoms with E-state index in [4.69, 9.17) is 0 Å².